The molecule has 5 N–H and O–H groups in total. The summed E-state index contributed by atoms with van der Waals surface area (Å²) in [7, 11) is 0. The quantitative estimate of drug-likeness (QED) is 0.488. The highest BCUT2D eigenvalue weighted by atomic mass is 35.5. The second kappa shape index (κ2) is 10.6. The fourth-order valence-electron chi connectivity index (χ4n) is 2.86. The van der Waals surface area contributed by atoms with E-state index in [9.17, 15) is 9.59 Å². The number of nitrogens with two attached hydrogens (primary N) is 1. The number of thioether (sulfide) groups is 1. The van der Waals surface area contributed by atoms with E-state index in [1.165, 1.54) is 0 Å². The highest BCUT2D eigenvalue weighted by Crippen LogP contribution is 2.26. The van der Waals surface area contributed by atoms with E-state index < -0.39 is 5.91 Å². The zero-order valence-corrected chi connectivity index (χ0v) is 18.5. The lowest BCUT2D eigenvalue weighted by molar-refractivity contribution is -0.117. The van der Waals surface area contributed by atoms with Crippen molar-refractivity contribution < 1.29 is 9.59 Å². The Morgan fingerprint density at radius 3 is 2.30 bits per heavy atom. The Morgan fingerprint density at radius 1 is 1.03 bits per heavy atom. The van der Waals surface area contributed by atoms with Gasteiger partial charge < -0.3 is 21.7 Å². The van der Waals surface area contributed by atoms with Crippen LogP contribution in [0.25, 0.3) is 0 Å². The van der Waals surface area contributed by atoms with Crippen molar-refractivity contribution in [3.05, 3.63) is 53.1 Å². The molecule has 30 heavy (non-hydrogen) atoms. The maximum atomic E-state index is 12.3. The van der Waals surface area contributed by atoms with E-state index in [0.717, 1.165) is 24.6 Å². The van der Waals surface area contributed by atoms with Crippen molar-refractivity contribution >= 4 is 69.6 Å². The molecule has 1 saturated heterocycles. The third kappa shape index (κ3) is 6.60. The molecule has 1 heterocycles. The highest BCUT2D eigenvalue weighted by molar-refractivity contribution is 7.99. The van der Waals surface area contributed by atoms with E-state index >= 15 is 0 Å². The number of nitrogens with zero attached hydrogens (tertiary/aromatic N) is 1. The van der Waals surface area contributed by atoms with Gasteiger partial charge in [-0.3, -0.25) is 14.5 Å². The van der Waals surface area contributed by atoms with Crippen LogP contribution >= 0.6 is 35.6 Å². The van der Waals surface area contributed by atoms with Gasteiger partial charge in [0.2, 0.25) is 11.8 Å². The Kier molecular flexibility index (Phi) is 7.92. The largest absolute Gasteiger partial charge is 0.366 e. The van der Waals surface area contributed by atoms with Crippen LogP contribution in [0.4, 0.5) is 17.1 Å². The molecule has 1 aliphatic heterocycles. The normalized spacial score (nSPS) is 14.0. The number of carbonyl (C=O) groups excluding carboxylic acids is 2. The summed E-state index contributed by atoms with van der Waals surface area (Å²) in [4.78, 5) is 25.5. The van der Waals surface area contributed by atoms with Crippen molar-refractivity contribution in [2.45, 2.75) is 0 Å². The molecule has 0 aromatic heterocycles. The molecule has 0 spiro atoms. The minimum atomic E-state index is -0.487. The number of carbonyl (C=O) groups is 2. The molecule has 1 fully saturated rings. The molecule has 0 saturated carbocycles. The average Bonchev–Trinajstić information content (AvgIpc) is 2.71. The van der Waals surface area contributed by atoms with Gasteiger partial charge in [-0.1, -0.05) is 11.6 Å². The smallest absolute Gasteiger partial charge is 0.248 e. The molecule has 10 heteroatoms. The number of hydrogen-bond donors (Lipinski definition) is 4. The number of amides is 2. The van der Waals surface area contributed by atoms with E-state index in [2.05, 4.69) is 20.9 Å². The molecule has 2 aromatic rings. The molecule has 0 aliphatic carbocycles. The lowest BCUT2D eigenvalue weighted by Gasteiger charge is -2.25. The lowest BCUT2D eigenvalue weighted by Crippen LogP contribution is -2.38. The van der Waals surface area contributed by atoms with Crippen molar-refractivity contribution in [2.24, 2.45) is 5.73 Å². The van der Waals surface area contributed by atoms with E-state index in [-0.39, 0.29) is 5.91 Å². The number of anilines is 3. The number of hydrogen-bond acceptors (Lipinski definition) is 5. The summed E-state index contributed by atoms with van der Waals surface area (Å²) in [5, 5.41) is 9.68. The summed E-state index contributed by atoms with van der Waals surface area (Å²) in [6.07, 6.45) is 0. The summed E-state index contributed by atoms with van der Waals surface area (Å²) < 4.78 is 0. The Morgan fingerprint density at radius 2 is 1.67 bits per heavy atom. The third-order valence-corrected chi connectivity index (χ3v) is 5.86. The Hall–Kier alpha value is -2.33. The monoisotopic (exact) mass is 463 g/mol. The van der Waals surface area contributed by atoms with Gasteiger partial charge in [-0.05, 0) is 54.7 Å². The second-order valence-corrected chi connectivity index (χ2v) is 8.69. The first kappa shape index (κ1) is 22.4. The van der Waals surface area contributed by atoms with Crippen LogP contribution in [0.3, 0.4) is 0 Å². The van der Waals surface area contributed by atoms with Crippen LogP contribution in [0.2, 0.25) is 5.02 Å². The van der Waals surface area contributed by atoms with Crippen molar-refractivity contribution in [3.63, 3.8) is 0 Å². The molecular weight excluding hydrogens is 442 g/mol. The van der Waals surface area contributed by atoms with Crippen LogP contribution in [0.1, 0.15) is 10.4 Å². The average molecular weight is 464 g/mol. The first-order chi connectivity index (χ1) is 14.4. The van der Waals surface area contributed by atoms with Gasteiger partial charge in [0, 0.05) is 41.5 Å². The minimum Gasteiger partial charge on any atom is -0.366 e. The van der Waals surface area contributed by atoms with Gasteiger partial charge >= 0.3 is 0 Å². The van der Waals surface area contributed by atoms with Gasteiger partial charge in [-0.2, -0.15) is 11.8 Å². The number of benzene rings is 2. The van der Waals surface area contributed by atoms with Gasteiger partial charge in [-0.25, -0.2) is 0 Å². The van der Waals surface area contributed by atoms with Crippen LogP contribution in [0.15, 0.2) is 42.5 Å². The first-order valence-corrected chi connectivity index (χ1v) is 11.2. The summed E-state index contributed by atoms with van der Waals surface area (Å²) in [6.45, 7) is 2.20. The number of nitrogens with one attached hydrogen (secondary N) is 3. The highest BCUT2D eigenvalue weighted by Gasteiger charge is 2.15. The number of primary amides is 1. The standard InChI is InChI=1S/C20H22ClN5O2S2/c21-16-11-15(24-20(29)23-14-3-1-13(2-4-14)19(22)28)5-6-17(16)25-18(27)12-26-7-9-30-10-8-26/h1-6,11H,7-10,12H2,(H2,22,28)(H,25,27)(H2,23,24,29). The molecule has 0 radical (unpaired) electrons. The van der Waals surface area contributed by atoms with Crippen LogP contribution < -0.4 is 21.7 Å². The van der Waals surface area contributed by atoms with Crippen LogP contribution in [0, 0.1) is 0 Å². The van der Waals surface area contributed by atoms with Gasteiger partial charge in [0.25, 0.3) is 0 Å². The van der Waals surface area contributed by atoms with Gasteiger partial charge in [0.15, 0.2) is 5.11 Å². The molecule has 2 amide bonds. The van der Waals surface area contributed by atoms with E-state index in [1.54, 1.807) is 42.5 Å². The molecule has 2 aromatic carbocycles. The number of rotatable bonds is 6. The zero-order chi connectivity index (χ0) is 21.5. The number of halogens is 1. The van der Waals surface area contributed by atoms with Crippen molar-refractivity contribution in [1.29, 1.82) is 0 Å². The van der Waals surface area contributed by atoms with E-state index in [1.807, 2.05) is 11.8 Å². The van der Waals surface area contributed by atoms with E-state index in [0.29, 0.717) is 39.3 Å². The second-order valence-electron chi connectivity index (χ2n) is 6.65. The fourth-order valence-corrected chi connectivity index (χ4v) is 4.30. The predicted molar refractivity (Wildman–Crippen MR) is 129 cm³/mol. The molecule has 0 bridgehead atoms. The minimum absolute atomic E-state index is 0.0823. The molecule has 1 aliphatic rings. The predicted octanol–water partition coefficient (Wildman–Crippen LogP) is 3.24. The fraction of sp³-hybridized carbons (Fsp3) is 0.250. The molecule has 0 unspecified atom stereocenters. The Labute approximate surface area is 189 Å². The maximum Gasteiger partial charge on any atom is 0.248 e. The van der Waals surface area contributed by atoms with Gasteiger partial charge in [0.05, 0.1) is 17.3 Å². The Balaban J connectivity index is 1.53. The molecular formula is C20H22ClN5O2S2. The topological polar surface area (TPSA) is 99.5 Å². The first-order valence-electron chi connectivity index (χ1n) is 9.28. The lowest BCUT2D eigenvalue weighted by atomic mass is 10.2. The number of thiocarbonyl (C=S) groups is 1. The Bertz CT molecular complexity index is 933. The molecule has 3 rings (SSSR count). The zero-order valence-electron chi connectivity index (χ0n) is 16.1. The molecule has 0 atom stereocenters. The van der Waals surface area contributed by atoms with Crippen LogP contribution in [-0.2, 0) is 4.79 Å². The third-order valence-electron chi connectivity index (χ3n) is 4.40. The molecule has 158 valence electrons. The molecule has 7 nitrogen and oxygen atoms in total. The summed E-state index contributed by atoms with van der Waals surface area (Å²) in [6, 6.07) is 11.9. The van der Waals surface area contributed by atoms with Crippen LogP contribution in [-0.4, -0.2) is 53.0 Å². The van der Waals surface area contributed by atoms with Gasteiger partial charge in [0.1, 0.15) is 0 Å². The maximum absolute atomic E-state index is 12.3. The van der Waals surface area contributed by atoms with Crippen molar-refractivity contribution in [2.75, 3.05) is 47.1 Å². The summed E-state index contributed by atoms with van der Waals surface area (Å²) in [5.41, 5.74) is 7.60. The summed E-state index contributed by atoms with van der Waals surface area (Å²) >= 11 is 13.5. The van der Waals surface area contributed by atoms with Crippen LogP contribution in [0.5, 0.6) is 0 Å². The SMILES string of the molecule is NC(=O)c1ccc(NC(=S)Nc2ccc(NC(=O)CN3CCSCC3)c(Cl)c2)cc1. The summed E-state index contributed by atoms with van der Waals surface area (Å²) in [5.74, 6) is 1.54. The van der Waals surface area contributed by atoms with E-state index in [4.69, 9.17) is 29.6 Å². The van der Waals surface area contributed by atoms with Gasteiger partial charge in [-0.15, -0.1) is 0 Å². The van der Waals surface area contributed by atoms with Crippen molar-refractivity contribution in [1.82, 2.24) is 4.90 Å². The van der Waals surface area contributed by atoms with Crippen molar-refractivity contribution in [3.8, 4) is 0 Å².